The van der Waals surface area contributed by atoms with Crippen molar-refractivity contribution in [1.82, 2.24) is 9.55 Å². The topological polar surface area (TPSA) is 61.2 Å². The number of ether oxygens (including phenoxy) is 1. The molecular weight excluding hydrogens is 402 g/mol. The van der Waals surface area contributed by atoms with E-state index in [0.717, 1.165) is 0 Å². The number of benzene rings is 1. The first-order valence-corrected chi connectivity index (χ1v) is 9.58. The molecule has 0 radical (unpaired) electrons. The molecule has 2 rings (SSSR count). The van der Waals surface area contributed by atoms with Crippen molar-refractivity contribution < 1.29 is 37.6 Å². The van der Waals surface area contributed by atoms with E-state index in [2.05, 4.69) is 23.6 Å². The van der Waals surface area contributed by atoms with Gasteiger partial charge in [-0.2, -0.15) is 0 Å². The van der Waals surface area contributed by atoms with Crippen LogP contribution in [0.15, 0.2) is 24.4 Å². The molecule has 1 atom stereocenters. The summed E-state index contributed by atoms with van der Waals surface area (Å²) in [6.45, 7) is 16.3. The van der Waals surface area contributed by atoms with Crippen LogP contribution < -0.4 is 18.9 Å². The van der Waals surface area contributed by atoms with E-state index in [0.29, 0.717) is 41.4 Å². The minimum absolute atomic E-state index is 0. The number of hydrogen-bond acceptors (Lipinski definition) is 4. The van der Waals surface area contributed by atoms with Crippen LogP contribution in [0.25, 0.3) is 0 Å². The third kappa shape index (κ3) is 9.38. The van der Waals surface area contributed by atoms with E-state index in [9.17, 15) is 14.0 Å². The fourth-order valence-electron chi connectivity index (χ4n) is 2.52. The third-order valence-electron chi connectivity index (χ3n) is 3.81. The SMILES string of the molecule is CC(C)(C)O[C-]=O.[CH2-]c1ncc(C(=O)CCCc2cc(F)ccc2Cl)n1[C@H]([CH2-])C.[Li+]. The summed E-state index contributed by atoms with van der Waals surface area (Å²) in [6, 6.07) is 4.14. The van der Waals surface area contributed by atoms with Crippen LogP contribution in [0.4, 0.5) is 4.39 Å². The zero-order chi connectivity index (χ0) is 22.2. The van der Waals surface area contributed by atoms with Crippen molar-refractivity contribution >= 4 is 23.9 Å². The Morgan fingerprint density at radius 1 is 1.40 bits per heavy atom. The molecule has 0 spiro atoms. The van der Waals surface area contributed by atoms with Gasteiger partial charge in [0, 0.05) is 11.4 Å². The molecule has 0 aliphatic heterocycles. The van der Waals surface area contributed by atoms with Crippen molar-refractivity contribution in [1.29, 1.82) is 0 Å². The molecular formula is C22H27ClFLiN2O3-2. The van der Waals surface area contributed by atoms with Gasteiger partial charge in [-0.1, -0.05) is 31.0 Å². The molecule has 0 N–H and O–H groups in total. The summed E-state index contributed by atoms with van der Waals surface area (Å²) in [5.74, 6) is 0.181. The maximum atomic E-state index is 13.2. The number of aryl methyl sites for hydroxylation is 1. The molecule has 0 unspecified atom stereocenters. The van der Waals surface area contributed by atoms with Gasteiger partial charge in [-0.15, -0.1) is 0 Å². The maximum absolute atomic E-state index is 13.2. The summed E-state index contributed by atoms with van der Waals surface area (Å²) in [6.07, 6.45) is 3.00. The minimum Gasteiger partial charge on any atom is -0.649 e. The molecule has 2 aromatic rings. The van der Waals surface area contributed by atoms with Crippen LogP contribution in [0.1, 0.15) is 68.5 Å². The number of aromatic nitrogens is 2. The van der Waals surface area contributed by atoms with E-state index < -0.39 is 0 Å². The molecule has 0 bridgehead atoms. The Hall–Kier alpha value is -1.74. The number of hydrogen-bond donors (Lipinski definition) is 0. The third-order valence-corrected chi connectivity index (χ3v) is 4.17. The molecule has 160 valence electrons. The van der Waals surface area contributed by atoms with Crippen LogP contribution in [0.5, 0.6) is 0 Å². The number of ketones is 1. The number of Topliss-reactive ketones (excluding diaryl/α,β-unsaturated/α-hetero) is 1. The Morgan fingerprint density at radius 3 is 2.53 bits per heavy atom. The molecule has 1 heterocycles. The van der Waals surface area contributed by atoms with Crippen molar-refractivity contribution in [3.05, 3.63) is 66.2 Å². The fourth-order valence-corrected chi connectivity index (χ4v) is 2.74. The molecule has 0 aliphatic carbocycles. The molecule has 0 aliphatic rings. The molecule has 0 saturated carbocycles. The molecule has 0 saturated heterocycles. The van der Waals surface area contributed by atoms with Crippen LogP contribution in [0, 0.1) is 19.7 Å². The van der Waals surface area contributed by atoms with Gasteiger partial charge in [0.2, 0.25) is 0 Å². The van der Waals surface area contributed by atoms with Crippen molar-refractivity contribution in [3.63, 3.8) is 0 Å². The van der Waals surface area contributed by atoms with Crippen LogP contribution in [0.3, 0.4) is 0 Å². The van der Waals surface area contributed by atoms with Crippen molar-refractivity contribution in [2.75, 3.05) is 0 Å². The van der Waals surface area contributed by atoms with E-state index in [-0.39, 0.29) is 42.1 Å². The zero-order valence-corrected chi connectivity index (χ0v) is 19.1. The standard InChI is InChI=1S/C17H18ClFN2O.C5H9O2.Li/c1-11(2)21-12(3)20-10-16(21)17(22)6-4-5-13-9-14(19)7-8-15(13)18;1-5(2,3)7-4-6;/h7-11H,1,3-6H2,2H3;1-3H3;/q-2;-1;+1/t11-;;/m1../s1. The van der Waals surface area contributed by atoms with Crippen LogP contribution >= 0.6 is 11.6 Å². The summed E-state index contributed by atoms with van der Waals surface area (Å²) in [7, 11) is 0. The van der Waals surface area contributed by atoms with E-state index >= 15 is 0 Å². The van der Waals surface area contributed by atoms with E-state index in [1.165, 1.54) is 30.9 Å². The largest absolute Gasteiger partial charge is 1.00 e. The van der Waals surface area contributed by atoms with Gasteiger partial charge in [0.25, 0.3) is 0 Å². The summed E-state index contributed by atoms with van der Waals surface area (Å²) < 4.78 is 19.3. The Bertz CT molecular complexity index is 832. The number of rotatable bonds is 7. The fraction of sp³-hybridized carbons (Fsp3) is 0.409. The Balaban J connectivity index is 0.000000909. The van der Waals surface area contributed by atoms with Gasteiger partial charge in [-0.05, 0) is 63.2 Å². The maximum Gasteiger partial charge on any atom is 1.00 e. The average molecular weight is 429 g/mol. The zero-order valence-electron chi connectivity index (χ0n) is 18.3. The first kappa shape index (κ1) is 28.3. The second-order valence-electron chi connectivity index (χ2n) is 7.59. The monoisotopic (exact) mass is 428 g/mol. The van der Waals surface area contributed by atoms with Crippen molar-refractivity contribution in [2.45, 2.75) is 58.6 Å². The molecule has 30 heavy (non-hydrogen) atoms. The molecule has 0 fully saturated rings. The first-order chi connectivity index (χ1) is 13.5. The van der Waals surface area contributed by atoms with E-state index in [1.807, 2.05) is 6.92 Å². The Labute approximate surface area is 195 Å². The van der Waals surface area contributed by atoms with Crippen molar-refractivity contribution in [2.24, 2.45) is 0 Å². The second kappa shape index (κ2) is 12.8. The molecule has 8 heteroatoms. The molecule has 5 nitrogen and oxygen atoms in total. The molecule has 1 aromatic heterocycles. The summed E-state index contributed by atoms with van der Waals surface area (Å²) in [5.41, 5.74) is 0.853. The first-order valence-electron chi connectivity index (χ1n) is 9.20. The minimum atomic E-state index is -0.373. The predicted octanol–water partition coefficient (Wildman–Crippen LogP) is 2.33. The van der Waals surface area contributed by atoms with Crippen molar-refractivity contribution in [3.8, 4) is 0 Å². The Kier molecular flexibility index (Phi) is 12.1. The van der Waals surface area contributed by atoms with Gasteiger partial charge in [-0.3, -0.25) is 9.78 Å². The van der Waals surface area contributed by atoms with Gasteiger partial charge in [0.15, 0.2) is 5.78 Å². The predicted molar refractivity (Wildman–Crippen MR) is 112 cm³/mol. The number of carbonyl (C=O) groups is 1. The summed E-state index contributed by atoms with van der Waals surface area (Å²) in [4.78, 5) is 25.8. The van der Waals surface area contributed by atoms with Gasteiger partial charge in [0.1, 0.15) is 5.82 Å². The summed E-state index contributed by atoms with van der Waals surface area (Å²) in [5, 5.41) is 0.519. The normalized spacial score (nSPS) is 11.6. The quantitative estimate of drug-likeness (QED) is 0.386. The van der Waals surface area contributed by atoms with Gasteiger partial charge < -0.3 is 27.9 Å². The number of halogens is 2. The van der Waals surface area contributed by atoms with Crippen LogP contribution in [-0.4, -0.2) is 27.4 Å². The van der Waals surface area contributed by atoms with Crippen LogP contribution in [0.2, 0.25) is 5.02 Å². The van der Waals surface area contributed by atoms with E-state index in [4.69, 9.17) is 11.6 Å². The number of carbonyl (C=O) groups excluding carboxylic acids is 2. The second-order valence-corrected chi connectivity index (χ2v) is 8.00. The molecule has 0 amide bonds. The smallest absolute Gasteiger partial charge is 0.649 e. The Morgan fingerprint density at radius 2 is 2.03 bits per heavy atom. The van der Waals surface area contributed by atoms with Crippen LogP contribution in [-0.2, 0) is 16.0 Å². The average Bonchev–Trinajstić information content (AvgIpc) is 2.99. The van der Waals surface area contributed by atoms with Gasteiger partial charge in [-0.25, -0.2) is 4.39 Å². The number of nitrogens with zero attached hydrogens (tertiary/aromatic N) is 2. The number of imidazole rings is 1. The van der Waals surface area contributed by atoms with Gasteiger partial charge in [0.05, 0.1) is 17.5 Å². The van der Waals surface area contributed by atoms with E-state index in [1.54, 1.807) is 25.3 Å². The van der Waals surface area contributed by atoms with Gasteiger partial charge >= 0.3 is 18.9 Å². The summed E-state index contributed by atoms with van der Waals surface area (Å²) >= 11 is 6.02. The molecule has 1 aromatic carbocycles.